The van der Waals surface area contributed by atoms with Gasteiger partial charge in [-0.3, -0.25) is 4.79 Å². The summed E-state index contributed by atoms with van der Waals surface area (Å²) in [4.78, 5) is 12.3. The molecule has 0 aromatic rings. The molecule has 0 spiro atoms. The van der Waals surface area contributed by atoms with Crippen molar-refractivity contribution in [1.82, 2.24) is 5.32 Å². The van der Waals surface area contributed by atoms with Crippen molar-refractivity contribution in [2.24, 2.45) is 5.92 Å². The van der Waals surface area contributed by atoms with E-state index in [0.29, 0.717) is 5.78 Å². The summed E-state index contributed by atoms with van der Waals surface area (Å²) in [6, 6.07) is 0. The van der Waals surface area contributed by atoms with Crippen molar-refractivity contribution in [2.45, 2.75) is 70.3 Å². The maximum Gasteiger partial charge on any atom is 0.152 e. The molecule has 1 atom stereocenters. The number of unbranched alkanes of at least 4 members (excludes halogenated alkanes) is 1. The summed E-state index contributed by atoms with van der Waals surface area (Å²) in [6.45, 7) is 4.97. The Bertz CT molecular complexity index is 278. The van der Waals surface area contributed by atoms with E-state index in [4.69, 9.17) is 4.74 Å². The van der Waals surface area contributed by atoms with Crippen LogP contribution in [0.2, 0.25) is 0 Å². The molecule has 0 aromatic heterocycles. The lowest BCUT2D eigenvalue weighted by Gasteiger charge is -2.33. The molecule has 0 aliphatic carbocycles. The van der Waals surface area contributed by atoms with Crippen LogP contribution in [0.1, 0.15) is 64.7 Å². The van der Waals surface area contributed by atoms with E-state index in [0.717, 1.165) is 44.9 Å². The Hall–Kier alpha value is -0.410. The number of hydrogen-bond donors (Lipinski definition) is 1. The van der Waals surface area contributed by atoms with Crippen LogP contribution in [0.5, 0.6) is 0 Å². The number of hydrogen-bond acceptors (Lipinski definition) is 3. The highest BCUT2D eigenvalue weighted by atomic mass is 16.5. The van der Waals surface area contributed by atoms with Gasteiger partial charge in [-0.15, -0.1) is 0 Å². The molecule has 2 rings (SSSR count). The molecule has 2 saturated heterocycles. The van der Waals surface area contributed by atoms with Gasteiger partial charge in [0.1, 0.15) is 0 Å². The first-order valence-electron chi connectivity index (χ1n) is 8.07. The van der Waals surface area contributed by atoms with Crippen LogP contribution in [0, 0.1) is 5.92 Å². The highest BCUT2D eigenvalue weighted by Crippen LogP contribution is 2.24. The van der Waals surface area contributed by atoms with Crippen molar-refractivity contribution in [2.75, 3.05) is 19.8 Å². The van der Waals surface area contributed by atoms with Crippen LogP contribution in [-0.4, -0.2) is 31.1 Å². The lowest BCUT2D eigenvalue weighted by Crippen LogP contribution is -2.52. The van der Waals surface area contributed by atoms with Crippen LogP contribution in [0.15, 0.2) is 0 Å². The van der Waals surface area contributed by atoms with Crippen molar-refractivity contribution in [3.05, 3.63) is 0 Å². The lowest BCUT2D eigenvalue weighted by atomic mass is 9.84. The van der Waals surface area contributed by atoms with Gasteiger partial charge in [-0.25, -0.2) is 0 Å². The Kier molecular flexibility index (Phi) is 5.83. The molecule has 0 amide bonds. The van der Waals surface area contributed by atoms with Gasteiger partial charge < -0.3 is 10.1 Å². The molecular formula is C16H29NO2. The van der Waals surface area contributed by atoms with Gasteiger partial charge in [0.15, 0.2) is 5.78 Å². The van der Waals surface area contributed by atoms with E-state index >= 15 is 0 Å². The van der Waals surface area contributed by atoms with E-state index in [-0.39, 0.29) is 5.54 Å². The molecule has 2 aliphatic heterocycles. The second-order valence-electron chi connectivity index (χ2n) is 6.44. The first-order chi connectivity index (χ1) is 9.21. The Labute approximate surface area is 117 Å². The fraction of sp³-hybridized carbons (Fsp3) is 0.938. The van der Waals surface area contributed by atoms with Gasteiger partial charge in [-0.2, -0.15) is 0 Å². The SMILES string of the molecule is CC1(C(=O)CCCCC2CCOCC2)CCCCN1. The van der Waals surface area contributed by atoms with E-state index in [1.165, 1.54) is 38.5 Å². The summed E-state index contributed by atoms with van der Waals surface area (Å²) in [6.07, 6.45) is 10.2. The maximum atomic E-state index is 12.3. The Morgan fingerprint density at radius 2 is 2.05 bits per heavy atom. The average Bonchev–Trinajstić information content (AvgIpc) is 2.45. The third-order valence-electron chi connectivity index (χ3n) is 4.84. The topological polar surface area (TPSA) is 38.3 Å². The number of carbonyl (C=O) groups excluding carboxylic acids is 1. The maximum absolute atomic E-state index is 12.3. The minimum atomic E-state index is -0.225. The molecule has 2 aliphatic rings. The van der Waals surface area contributed by atoms with Gasteiger partial charge in [-0.05, 0) is 57.9 Å². The Balaban J connectivity index is 1.60. The fourth-order valence-electron chi connectivity index (χ4n) is 3.32. The molecule has 1 N–H and O–H groups in total. The minimum Gasteiger partial charge on any atom is -0.381 e. The number of rotatable bonds is 6. The molecule has 3 heteroatoms. The molecule has 110 valence electrons. The number of nitrogens with one attached hydrogen (secondary N) is 1. The second-order valence-corrected chi connectivity index (χ2v) is 6.44. The molecule has 0 saturated carbocycles. The molecular weight excluding hydrogens is 238 g/mol. The molecule has 2 fully saturated rings. The number of Topliss-reactive ketones (excluding diaryl/α,β-unsaturated/α-hetero) is 1. The van der Waals surface area contributed by atoms with Crippen LogP contribution in [-0.2, 0) is 9.53 Å². The van der Waals surface area contributed by atoms with Gasteiger partial charge in [0.05, 0.1) is 5.54 Å². The van der Waals surface area contributed by atoms with Gasteiger partial charge in [-0.1, -0.05) is 12.8 Å². The summed E-state index contributed by atoms with van der Waals surface area (Å²) in [7, 11) is 0. The number of carbonyl (C=O) groups is 1. The zero-order chi connectivity index (χ0) is 13.6. The van der Waals surface area contributed by atoms with Crippen molar-refractivity contribution >= 4 is 5.78 Å². The molecule has 0 bridgehead atoms. The third-order valence-corrected chi connectivity index (χ3v) is 4.84. The first-order valence-corrected chi connectivity index (χ1v) is 8.07. The molecule has 3 nitrogen and oxygen atoms in total. The summed E-state index contributed by atoms with van der Waals surface area (Å²) in [5.41, 5.74) is -0.225. The minimum absolute atomic E-state index is 0.225. The standard InChI is InChI=1S/C16H29NO2/c1-16(10-4-5-11-17-16)15(18)7-3-2-6-14-8-12-19-13-9-14/h14,17H,2-13H2,1H3. The number of piperidine rings is 1. The van der Waals surface area contributed by atoms with Crippen molar-refractivity contribution in [3.63, 3.8) is 0 Å². The second kappa shape index (κ2) is 7.39. The molecule has 0 radical (unpaired) electrons. The molecule has 0 aromatic carbocycles. The van der Waals surface area contributed by atoms with Crippen LogP contribution in [0.4, 0.5) is 0 Å². The van der Waals surface area contributed by atoms with Crippen LogP contribution in [0.25, 0.3) is 0 Å². The Morgan fingerprint density at radius 1 is 1.26 bits per heavy atom. The largest absolute Gasteiger partial charge is 0.381 e. The third kappa shape index (κ3) is 4.57. The number of ketones is 1. The van der Waals surface area contributed by atoms with Gasteiger partial charge >= 0.3 is 0 Å². The highest BCUT2D eigenvalue weighted by Gasteiger charge is 2.33. The van der Waals surface area contributed by atoms with E-state index in [9.17, 15) is 4.79 Å². The summed E-state index contributed by atoms with van der Waals surface area (Å²) in [5.74, 6) is 1.27. The fourth-order valence-corrected chi connectivity index (χ4v) is 3.32. The predicted octanol–water partition coefficient (Wildman–Crippen LogP) is 3.07. The van der Waals surface area contributed by atoms with Crippen molar-refractivity contribution < 1.29 is 9.53 Å². The van der Waals surface area contributed by atoms with Crippen LogP contribution < -0.4 is 5.32 Å². The van der Waals surface area contributed by atoms with E-state index < -0.39 is 0 Å². The van der Waals surface area contributed by atoms with Crippen LogP contribution in [0.3, 0.4) is 0 Å². The van der Waals surface area contributed by atoms with Gasteiger partial charge in [0, 0.05) is 19.6 Å². The summed E-state index contributed by atoms with van der Waals surface area (Å²) >= 11 is 0. The first kappa shape index (κ1) is 15.0. The molecule has 19 heavy (non-hydrogen) atoms. The smallest absolute Gasteiger partial charge is 0.152 e. The zero-order valence-corrected chi connectivity index (χ0v) is 12.4. The lowest BCUT2D eigenvalue weighted by molar-refractivity contribution is -0.125. The summed E-state index contributed by atoms with van der Waals surface area (Å²) in [5, 5.41) is 3.42. The van der Waals surface area contributed by atoms with Gasteiger partial charge in [0.25, 0.3) is 0 Å². The van der Waals surface area contributed by atoms with E-state index in [2.05, 4.69) is 12.2 Å². The van der Waals surface area contributed by atoms with Crippen molar-refractivity contribution in [3.8, 4) is 0 Å². The van der Waals surface area contributed by atoms with Crippen LogP contribution >= 0.6 is 0 Å². The molecule has 1 unspecified atom stereocenters. The zero-order valence-electron chi connectivity index (χ0n) is 12.4. The van der Waals surface area contributed by atoms with Gasteiger partial charge in [0.2, 0.25) is 0 Å². The predicted molar refractivity (Wildman–Crippen MR) is 77.3 cm³/mol. The normalized spacial score (nSPS) is 29.3. The number of ether oxygens (including phenoxy) is 1. The Morgan fingerprint density at radius 3 is 2.74 bits per heavy atom. The van der Waals surface area contributed by atoms with Crippen molar-refractivity contribution in [1.29, 1.82) is 0 Å². The monoisotopic (exact) mass is 267 g/mol. The average molecular weight is 267 g/mol. The summed E-state index contributed by atoms with van der Waals surface area (Å²) < 4.78 is 5.37. The quantitative estimate of drug-likeness (QED) is 0.752. The van der Waals surface area contributed by atoms with E-state index in [1.54, 1.807) is 0 Å². The highest BCUT2D eigenvalue weighted by molar-refractivity contribution is 5.88. The molecule has 2 heterocycles. The van der Waals surface area contributed by atoms with E-state index in [1.807, 2.05) is 0 Å².